The summed E-state index contributed by atoms with van der Waals surface area (Å²) in [5, 5.41) is 9.74. The van der Waals surface area contributed by atoms with Crippen molar-refractivity contribution >= 4 is 12.1 Å². The van der Waals surface area contributed by atoms with E-state index in [1.165, 1.54) is 11.1 Å². The fraction of sp³-hybridized carbons (Fsp3) is 0.143. The Hall–Kier alpha value is -3.16. The van der Waals surface area contributed by atoms with Crippen LogP contribution in [0.1, 0.15) is 16.7 Å². The van der Waals surface area contributed by atoms with Gasteiger partial charge in [-0.3, -0.25) is 4.99 Å². The maximum Gasteiger partial charge on any atom is 0.265 e. The zero-order chi connectivity index (χ0) is 19.5. The molecule has 3 N–H and O–H groups in total. The molecule has 1 unspecified atom stereocenters. The zero-order valence-electron chi connectivity index (χ0n) is 14.8. The number of phenolic OH excluding ortho intramolecular Hbond substituents is 1. The monoisotopic (exact) mass is 379 g/mol. The molecule has 0 bridgehead atoms. The zero-order valence-corrected chi connectivity index (χ0v) is 14.8. The van der Waals surface area contributed by atoms with Crippen LogP contribution in [0.15, 0.2) is 70.2 Å². The topological polar surface area (TPSA) is 71.0 Å². The summed E-state index contributed by atoms with van der Waals surface area (Å²) in [6.45, 7) is 0. The molecule has 5 rings (SSSR count). The molecule has 28 heavy (non-hydrogen) atoms. The predicted octanol–water partition coefficient (Wildman–Crippen LogP) is 3.30. The summed E-state index contributed by atoms with van der Waals surface area (Å²) in [7, 11) is 0. The number of benzene rings is 2. The number of halogens is 2. The molecule has 0 radical (unpaired) electrons. The highest BCUT2D eigenvalue weighted by molar-refractivity contribution is 6.00. The Morgan fingerprint density at radius 3 is 2.50 bits per heavy atom. The maximum absolute atomic E-state index is 13.9. The summed E-state index contributed by atoms with van der Waals surface area (Å²) in [4.78, 5) is 8.95. The van der Waals surface area contributed by atoms with E-state index in [9.17, 15) is 13.9 Å². The van der Waals surface area contributed by atoms with Gasteiger partial charge in [0.05, 0.1) is 18.0 Å². The van der Waals surface area contributed by atoms with Crippen molar-refractivity contribution in [1.82, 2.24) is 0 Å². The molecule has 0 spiro atoms. The first-order valence-corrected chi connectivity index (χ1v) is 8.95. The highest BCUT2D eigenvalue weighted by Gasteiger charge is 2.46. The number of allylic oxidation sites excluding steroid dienone is 2. The van der Waals surface area contributed by atoms with E-state index in [1.54, 1.807) is 18.6 Å². The second-order valence-electron chi connectivity index (χ2n) is 7.22. The van der Waals surface area contributed by atoms with Crippen molar-refractivity contribution < 1.29 is 18.5 Å². The molecule has 2 aromatic carbocycles. The van der Waals surface area contributed by atoms with E-state index in [-0.39, 0.29) is 16.1 Å². The summed E-state index contributed by atoms with van der Waals surface area (Å²) in [5.41, 5.74) is 4.24. The van der Waals surface area contributed by atoms with Gasteiger partial charge in [0.15, 0.2) is 17.4 Å². The molecule has 0 saturated carbocycles. The van der Waals surface area contributed by atoms with Gasteiger partial charge in [0, 0.05) is 5.92 Å². The van der Waals surface area contributed by atoms with E-state index < -0.39 is 17.4 Å². The van der Waals surface area contributed by atoms with E-state index in [0.29, 0.717) is 11.5 Å². The lowest BCUT2D eigenvalue weighted by atomic mass is 10.0. The smallest absolute Gasteiger partial charge is 0.265 e. The third-order valence-corrected chi connectivity index (χ3v) is 5.53. The number of hydrogen-bond donors (Lipinski definition) is 2. The molecule has 0 aromatic heterocycles. The van der Waals surface area contributed by atoms with Gasteiger partial charge in [-0.25, -0.2) is 4.39 Å². The molecule has 5 nitrogen and oxygen atoms in total. The molecule has 3 aliphatic rings. The molecule has 0 fully saturated rings. The number of aromatic hydroxyl groups is 1. The van der Waals surface area contributed by atoms with E-state index >= 15 is 0 Å². The fourth-order valence-electron chi connectivity index (χ4n) is 4.16. The van der Waals surface area contributed by atoms with Gasteiger partial charge >= 0.3 is 0 Å². The Morgan fingerprint density at radius 1 is 1.11 bits per heavy atom. The minimum Gasteiger partial charge on any atom is -0.505 e. The highest BCUT2D eigenvalue weighted by atomic mass is 19.2. The van der Waals surface area contributed by atoms with Gasteiger partial charge in [-0.05, 0) is 36.1 Å². The first kappa shape index (κ1) is 17.0. The molecule has 140 valence electrons. The van der Waals surface area contributed by atoms with Gasteiger partial charge in [-0.15, -0.1) is 4.59 Å². The highest BCUT2D eigenvalue weighted by Crippen LogP contribution is 2.40. The molecule has 2 aliphatic heterocycles. The minimum atomic E-state index is -1.29. The van der Waals surface area contributed by atoms with Crippen molar-refractivity contribution in [2.45, 2.75) is 12.8 Å². The van der Waals surface area contributed by atoms with E-state index in [2.05, 4.69) is 17.1 Å². The Bertz CT molecular complexity index is 1090. The number of aliphatic imine (C=N–C) groups is 2. The standard InChI is InChI=1S/C21H16F2N4O/c22-16-9-15(10-18(28)19(16)23)21-26-20(17-11-25-5-6-27(17,21)24)14-7-12-3-1-2-4-13(12)8-14/h1-6,9-11,14H,7-8,24H2/p+1. The van der Waals surface area contributed by atoms with Crippen LogP contribution in [-0.4, -0.2) is 21.7 Å². The van der Waals surface area contributed by atoms with Gasteiger partial charge in [-0.2, -0.15) is 15.2 Å². The van der Waals surface area contributed by atoms with Crippen LogP contribution in [0.2, 0.25) is 0 Å². The first-order chi connectivity index (χ1) is 13.5. The summed E-state index contributed by atoms with van der Waals surface area (Å²) in [6.07, 6.45) is 6.50. The number of amidine groups is 1. The Labute approximate surface area is 160 Å². The minimum absolute atomic E-state index is 0.114. The normalized spacial score (nSPS) is 23.2. The lowest BCUT2D eigenvalue weighted by molar-refractivity contribution is -0.750. The Kier molecular flexibility index (Phi) is 3.59. The maximum atomic E-state index is 13.9. The van der Waals surface area contributed by atoms with Crippen LogP contribution in [0.3, 0.4) is 0 Å². The second-order valence-corrected chi connectivity index (χ2v) is 7.22. The van der Waals surface area contributed by atoms with Crippen molar-refractivity contribution in [3.8, 4) is 5.75 Å². The number of fused-ring (bicyclic) bond motifs is 2. The molecule has 0 saturated heterocycles. The van der Waals surface area contributed by atoms with E-state index in [4.69, 9.17) is 10.8 Å². The van der Waals surface area contributed by atoms with Crippen molar-refractivity contribution in [1.29, 1.82) is 0 Å². The third kappa shape index (κ3) is 2.37. The van der Waals surface area contributed by atoms with Crippen LogP contribution in [-0.2, 0) is 12.8 Å². The lowest BCUT2D eigenvalue weighted by Gasteiger charge is -2.26. The Morgan fingerprint density at radius 2 is 1.82 bits per heavy atom. The number of nitrogens with two attached hydrogens (primary N) is 1. The van der Waals surface area contributed by atoms with Gasteiger partial charge in [0.1, 0.15) is 11.9 Å². The van der Waals surface area contributed by atoms with Crippen LogP contribution in [0.25, 0.3) is 0 Å². The molecule has 2 aromatic rings. The van der Waals surface area contributed by atoms with Crippen molar-refractivity contribution in [3.05, 3.63) is 88.5 Å². The van der Waals surface area contributed by atoms with Crippen molar-refractivity contribution in [2.24, 2.45) is 21.7 Å². The quantitative estimate of drug-likeness (QED) is 0.621. The van der Waals surface area contributed by atoms with Crippen LogP contribution in [0.4, 0.5) is 8.78 Å². The average molecular weight is 379 g/mol. The van der Waals surface area contributed by atoms with Crippen LogP contribution >= 0.6 is 0 Å². The summed E-state index contributed by atoms with van der Waals surface area (Å²) >= 11 is 0. The van der Waals surface area contributed by atoms with Crippen LogP contribution in [0, 0.1) is 17.6 Å². The number of nitrogens with zero attached hydrogens (tertiary/aromatic N) is 3. The molecule has 0 amide bonds. The third-order valence-electron chi connectivity index (χ3n) is 5.53. The van der Waals surface area contributed by atoms with Crippen LogP contribution < -0.4 is 5.84 Å². The SMILES string of the molecule is N[N+]12C=CN=CC1=C(C1Cc3ccccc3C1)N=C2c1cc(O)c(F)c(F)c1. The molecular weight excluding hydrogens is 362 g/mol. The predicted molar refractivity (Wildman–Crippen MR) is 101 cm³/mol. The summed E-state index contributed by atoms with van der Waals surface area (Å²) in [6, 6.07) is 10.4. The molecule has 1 atom stereocenters. The van der Waals surface area contributed by atoms with Gasteiger partial charge in [0.25, 0.3) is 5.84 Å². The first-order valence-electron chi connectivity index (χ1n) is 8.95. The molecule has 2 heterocycles. The van der Waals surface area contributed by atoms with Gasteiger partial charge in [0.2, 0.25) is 5.70 Å². The number of phenols is 1. The van der Waals surface area contributed by atoms with Crippen molar-refractivity contribution in [2.75, 3.05) is 0 Å². The largest absolute Gasteiger partial charge is 0.505 e. The Balaban J connectivity index is 1.62. The molecule has 1 aliphatic carbocycles. The average Bonchev–Trinajstić information content (AvgIpc) is 3.24. The number of quaternary nitrogens is 1. The van der Waals surface area contributed by atoms with E-state index in [0.717, 1.165) is 30.7 Å². The van der Waals surface area contributed by atoms with Crippen LogP contribution in [0.5, 0.6) is 5.75 Å². The fourth-order valence-corrected chi connectivity index (χ4v) is 4.16. The molecular formula is C21H17F2N4O+. The van der Waals surface area contributed by atoms with Crippen molar-refractivity contribution in [3.63, 3.8) is 0 Å². The van der Waals surface area contributed by atoms with Gasteiger partial charge in [-0.1, -0.05) is 24.3 Å². The molecule has 7 heteroatoms. The second kappa shape index (κ2) is 5.92. The number of hydrogen-bond acceptors (Lipinski definition) is 4. The van der Waals surface area contributed by atoms with E-state index in [1.807, 2.05) is 12.1 Å². The lowest BCUT2D eigenvalue weighted by Crippen LogP contribution is -2.53. The summed E-state index contributed by atoms with van der Waals surface area (Å²) in [5.74, 6) is 3.83. The number of rotatable bonds is 2. The van der Waals surface area contributed by atoms with Gasteiger partial charge < -0.3 is 5.11 Å². The summed E-state index contributed by atoms with van der Waals surface area (Å²) < 4.78 is 27.2.